The second-order valence-electron chi connectivity index (χ2n) is 16.8. The van der Waals surface area contributed by atoms with Crippen LogP contribution in [0.5, 0.6) is 0 Å². The zero-order valence-electron chi connectivity index (χ0n) is 35.2. The standard InChI is InChI=1S/C60H43N3/c1-60(2)55-27-13-12-26-51(55)54-38-52(44-32-28-42(29-33-44)40-16-6-3-7-17-40)53(39-56(54)60)49-24-14-22-47(36-49)48-23-15-25-50(37-48)59-62-57(45-20-10-5-11-21-45)61-58(63-59)46-34-30-43(31-35-46)41-18-8-4-9-19-41/h3-39H,1-2H3. The summed E-state index contributed by atoms with van der Waals surface area (Å²) in [7, 11) is 0. The molecule has 0 saturated heterocycles. The largest absolute Gasteiger partial charge is 0.208 e. The van der Waals surface area contributed by atoms with Crippen molar-refractivity contribution in [3.63, 3.8) is 0 Å². The minimum atomic E-state index is -0.131. The molecule has 1 aliphatic carbocycles. The second-order valence-corrected chi connectivity index (χ2v) is 16.8. The Morgan fingerprint density at radius 1 is 0.238 bits per heavy atom. The smallest absolute Gasteiger partial charge is 0.164 e. The number of benzene rings is 9. The van der Waals surface area contributed by atoms with E-state index in [1.54, 1.807) is 0 Å². The predicted octanol–water partition coefficient (Wildman–Crippen LogP) is 15.5. The summed E-state index contributed by atoms with van der Waals surface area (Å²) < 4.78 is 0. The van der Waals surface area contributed by atoms with E-state index in [1.165, 1.54) is 61.2 Å². The molecule has 3 nitrogen and oxygen atoms in total. The van der Waals surface area contributed by atoms with Gasteiger partial charge in [-0.05, 0) is 102 Å². The molecule has 0 radical (unpaired) electrons. The highest BCUT2D eigenvalue weighted by atomic mass is 15.0. The van der Waals surface area contributed by atoms with Gasteiger partial charge in [0.05, 0.1) is 0 Å². The molecule has 1 heterocycles. The maximum Gasteiger partial charge on any atom is 0.164 e. The van der Waals surface area contributed by atoms with Crippen LogP contribution in [0.1, 0.15) is 25.0 Å². The lowest BCUT2D eigenvalue weighted by Gasteiger charge is -2.23. The fraction of sp³-hybridized carbons (Fsp3) is 0.0500. The van der Waals surface area contributed by atoms with Crippen LogP contribution < -0.4 is 0 Å². The van der Waals surface area contributed by atoms with E-state index in [4.69, 9.17) is 15.0 Å². The van der Waals surface area contributed by atoms with Crippen molar-refractivity contribution in [3.05, 3.63) is 236 Å². The maximum absolute atomic E-state index is 5.11. The monoisotopic (exact) mass is 805 g/mol. The molecule has 63 heavy (non-hydrogen) atoms. The minimum absolute atomic E-state index is 0.131. The van der Waals surface area contributed by atoms with Gasteiger partial charge in [-0.15, -0.1) is 0 Å². The van der Waals surface area contributed by atoms with Crippen molar-refractivity contribution in [2.24, 2.45) is 0 Å². The molecular formula is C60H43N3. The van der Waals surface area contributed by atoms with Crippen LogP contribution in [0.4, 0.5) is 0 Å². The molecule has 11 rings (SSSR count). The van der Waals surface area contributed by atoms with Gasteiger partial charge in [0.25, 0.3) is 0 Å². The average Bonchev–Trinajstić information content (AvgIpc) is 3.59. The lowest BCUT2D eigenvalue weighted by molar-refractivity contribution is 0.660. The lowest BCUT2D eigenvalue weighted by atomic mass is 9.80. The van der Waals surface area contributed by atoms with E-state index < -0.39 is 0 Å². The number of hydrogen-bond donors (Lipinski definition) is 0. The summed E-state index contributed by atoms with van der Waals surface area (Å²) in [6.45, 7) is 4.71. The van der Waals surface area contributed by atoms with Gasteiger partial charge in [-0.25, -0.2) is 15.0 Å². The summed E-state index contributed by atoms with van der Waals surface area (Å²) in [5.41, 5.74) is 19.8. The van der Waals surface area contributed by atoms with Gasteiger partial charge in [-0.3, -0.25) is 0 Å². The van der Waals surface area contributed by atoms with Crippen molar-refractivity contribution >= 4 is 0 Å². The van der Waals surface area contributed by atoms with E-state index in [1.807, 2.05) is 36.4 Å². The molecule has 9 aromatic carbocycles. The molecule has 1 aromatic heterocycles. The van der Waals surface area contributed by atoms with Crippen molar-refractivity contribution in [2.75, 3.05) is 0 Å². The Balaban J connectivity index is 1.00. The van der Waals surface area contributed by atoms with Crippen LogP contribution in [-0.4, -0.2) is 15.0 Å². The lowest BCUT2D eigenvalue weighted by Crippen LogP contribution is -2.15. The summed E-state index contributed by atoms with van der Waals surface area (Å²) in [5.74, 6) is 1.91. The molecule has 1 aliphatic rings. The van der Waals surface area contributed by atoms with Crippen molar-refractivity contribution < 1.29 is 0 Å². The van der Waals surface area contributed by atoms with Gasteiger partial charge < -0.3 is 0 Å². The molecule has 0 amide bonds. The number of nitrogens with zero attached hydrogens (tertiary/aromatic N) is 3. The molecule has 3 heteroatoms. The van der Waals surface area contributed by atoms with E-state index >= 15 is 0 Å². The Morgan fingerprint density at radius 2 is 0.619 bits per heavy atom. The molecular weight excluding hydrogens is 763 g/mol. The first kappa shape index (κ1) is 38.0. The van der Waals surface area contributed by atoms with E-state index in [-0.39, 0.29) is 5.41 Å². The number of aromatic nitrogens is 3. The van der Waals surface area contributed by atoms with E-state index in [2.05, 4.69) is 202 Å². The zero-order chi connectivity index (χ0) is 42.3. The quantitative estimate of drug-likeness (QED) is 0.154. The van der Waals surface area contributed by atoms with Crippen LogP contribution in [0.2, 0.25) is 0 Å². The van der Waals surface area contributed by atoms with Crippen LogP contribution >= 0.6 is 0 Å². The number of fused-ring (bicyclic) bond motifs is 3. The SMILES string of the molecule is CC1(C)c2ccccc2-c2cc(-c3ccc(-c4ccccc4)cc3)c(-c3cccc(-c4cccc(-c5nc(-c6ccccc6)nc(-c6ccc(-c7ccccc7)cc6)n5)c4)c3)cc21. The average molecular weight is 806 g/mol. The van der Waals surface area contributed by atoms with Crippen LogP contribution in [-0.2, 0) is 5.41 Å². The highest BCUT2D eigenvalue weighted by Crippen LogP contribution is 2.52. The van der Waals surface area contributed by atoms with Crippen LogP contribution in [0.15, 0.2) is 224 Å². The molecule has 0 fully saturated rings. The van der Waals surface area contributed by atoms with Crippen molar-refractivity contribution in [3.8, 4) is 101 Å². The van der Waals surface area contributed by atoms with Crippen molar-refractivity contribution in [2.45, 2.75) is 19.3 Å². The summed E-state index contributed by atoms with van der Waals surface area (Å²) in [6, 6.07) is 80.0. The first-order chi connectivity index (χ1) is 31.0. The highest BCUT2D eigenvalue weighted by Gasteiger charge is 2.36. The maximum atomic E-state index is 5.11. The molecule has 0 spiro atoms. The van der Waals surface area contributed by atoms with Crippen LogP contribution in [0.25, 0.3) is 101 Å². The molecule has 0 unspecified atom stereocenters. The zero-order valence-corrected chi connectivity index (χ0v) is 35.2. The Bertz CT molecular complexity index is 3260. The molecule has 298 valence electrons. The van der Waals surface area contributed by atoms with E-state index in [9.17, 15) is 0 Å². The van der Waals surface area contributed by atoms with Gasteiger partial charge in [0.15, 0.2) is 17.5 Å². The van der Waals surface area contributed by atoms with Gasteiger partial charge in [-0.2, -0.15) is 0 Å². The van der Waals surface area contributed by atoms with Crippen LogP contribution in [0.3, 0.4) is 0 Å². The molecule has 0 N–H and O–H groups in total. The van der Waals surface area contributed by atoms with E-state index in [0.717, 1.165) is 33.4 Å². The van der Waals surface area contributed by atoms with Crippen molar-refractivity contribution in [1.29, 1.82) is 0 Å². The topological polar surface area (TPSA) is 38.7 Å². The third kappa shape index (κ3) is 7.14. The molecule has 0 aliphatic heterocycles. The fourth-order valence-electron chi connectivity index (χ4n) is 9.20. The first-order valence-corrected chi connectivity index (χ1v) is 21.6. The van der Waals surface area contributed by atoms with Gasteiger partial charge in [-0.1, -0.05) is 214 Å². The van der Waals surface area contributed by atoms with E-state index in [0.29, 0.717) is 17.5 Å². The molecule has 0 atom stereocenters. The molecule has 0 saturated carbocycles. The van der Waals surface area contributed by atoms with Gasteiger partial charge in [0, 0.05) is 22.1 Å². The number of hydrogen-bond acceptors (Lipinski definition) is 3. The Morgan fingerprint density at radius 3 is 1.21 bits per heavy atom. The summed E-state index contributed by atoms with van der Waals surface area (Å²) >= 11 is 0. The summed E-state index contributed by atoms with van der Waals surface area (Å²) in [5, 5.41) is 0. The minimum Gasteiger partial charge on any atom is -0.208 e. The predicted molar refractivity (Wildman–Crippen MR) is 261 cm³/mol. The Kier molecular flexibility index (Phi) is 9.51. The molecule has 10 aromatic rings. The molecule has 0 bridgehead atoms. The second kappa shape index (κ2) is 15.8. The normalized spacial score (nSPS) is 12.4. The van der Waals surface area contributed by atoms with Crippen LogP contribution in [0, 0.1) is 0 Å². The highest BCUT2D eigenvalue weighted by molar-refractivity contribution is 5.93. The summed E-state index contributed by atoms with van der Waals surface area (Å²) in [4.78, 5) is 15.2. The summed E-state index contributed by atoms with van der Waals surface area (Å²) in [6.07, 6.45) is 0. The third-order valence-electron chi connectivity index (χ3n) is 12.6. The van der Waals surface area contributed by atoms with Crippen molar-refractivity contribution in [1.82, 2.24) is 15.0 Å². The van der Waals surface area contributed by atoms with Gasteiger partial charge >= 0.3 is 0 Å². The Labute approximate surface area is 369 Å². The Hall–Kier alpha value is -8.01. The third-order valence-corrected chi connectivity index (χ3v) is 12.6. The van der Waals surface area contributed by atoms with Gasteiger partial charge in [0.2, 0.25) is 0 Å². The fourth-order valence-corrected chi connectivity index (χ4v) is 9.20. The van der Waals surface area contributed by atoms with Gasteiger partial charge in [0.1, 0.15) is 0 Å². The first-order valence-electron chi connectivity index (χ1n) is 21.6. The number of rotatable bonds is 8.